The standard InChI is InChI=1S/C45H86O6/c1-5-8-10-12-13-14-15-16-17-18-19-20-21-22-23-24-30-34-38-45(48)51-42(39-49-43(46)36-32-27-11-9-6-2)40-50-44(47)37-33-29-26-25-28-31-35-41(4)7-3/h41-42H,5-40H2,1-4H3/t41?,42-/m1/s1. The molecule has 0 bridgehead atoms. The molecule has 0 rings (SSSR count). The summed E-state index contributed by atoms with van der Waals surface area (Å²) >= 11 is 0. The van der Waals surface area contributed by atoms with Gasteiger partial charge in [-0.25, -0.2) is 0 Å². The van der Waals surface area contributed by atoms with Crippen molar-refractivity contribution in [2.24, 2.45) is 5.92 Å². The van der Waals surface area contributed by atoms with Gasteiger partial charge in [0.25, 0.3) is 0 Å². The fourth-order valence-corrected chi connectivity index (χ4v) is 6.59. The van der Waals surface area contributed by atoms with Crippen LogP contribution in [0.4, 0.5) is 0 Å². The van der Waals surface area contributed by atoms with Crippen molar-refractivity contribution < 1.29 is 28.6 Å². The molecule has 0 aromatic carbocycles. The molecule has 6 heteroatoms. The number of hydrogen-bond acceptors (Lipinski definition) is 6. The van der Waals surface area contributed by atoms with Crippen molar-refractivity contribution in [1.82, 2.24) is 0 Å². The second kappa shape index (κ2) is 39.6. The van der Waals surface area contributed by atoms with Gasteiger partial charge in [0, 0.05) is 19.3 Å². The molecule has 0 heterocycles. The Balaban J connectivity index is 4.15. The van der Waals surface area contributed by atoms with Crippen LogP contribution in [0.5, 0.6) is 0 Å². The summed E-state index contributed by atoms with van der Waals surface area (Å²) in [7, 11) is 0. The Labute approximate surface area is 317 Å². The molecule has 2 atom stereocenters. The molecule has 0 saturated carbocycles. The first kappa shape index (κ1) is 49.4. The predicted octanol–water partition coefficient (Wildman–Crippen LogP) is 13.9. The summed E-state index contributed by atoms with van der Waals surface area (Å²) in [6, 6.07) is 0. The van der Waals surface area contributed by atoms with Gasteiger partial charge in [-0.05, 0) is 25.2 Å². The topological polar surface area (TPSA) is 78.9 Å². The number of esters is 3. The van der Waals surface area contributed by atoms with Crippen molar-refractivity contribution in [1.29, 1.82) is 0 Å². The summed E-state index contributed by atoms with van der Waals surface area (Å²) in [5.74, 6) is -0.0583. The summed E-state index contributed by atoms with van der Waals surface area (Å²) < 4.78 is 16.6. The van der Waals surface area contributed by atoms with Gasteiger partial charge in [-0.15, -0.1) is 0 Å². The fourth-order valence-electron chi connectivity index (χ4n) is 6.59. The van der Waals surface area contributed by atoms with Gasteiger partial charge in [-0.1, -0.05) is 207 Å². The smallest absolute Gasteiger partial charge is 0.306 e. The third-order valence-corrected chi connectivity index (χ3v) is 10.4. The van der Waals surface area contributed by atoms with Crippen LogP contribution in [0, 0.1) is 5.92 Å². The molecular weight excluding hydrogens is 636 g/mol. The number of hydrogen-bond donors (Lipinski definition) is 0. The van der Waals surface area contributed by atoms with E-state index in [0.717, 1.165) is 70.1 Å². The van der Waals surface area contributed by atoms with E-state index in [1.165, 1.54) is 135 Å². The number of carbonyl (C=O) groups excluding carboxylic acids is 3. The number of ether oxygens (including phenoxy) is 3. The molecule has 302 valence electrons. The largest absolute Gasteiger partial charge is 0.462 e. The molecule has 0 aromatic heterocycles. The van der Waals surface area contributed by atoms with Crippen LogP contribution in [0.15, 0.2) is 0 Å². The lowest BCUT2D eigenvalue weighted by Crippen LogP contribution is -2.30. The third kappa shape index (κ3) is 38.0. The van der Waals surface area contributed by atoms with Crippen molar-refractivity contribution >= 4 is 17.9 Å². The Kier molecular flexibility index (Phi) is 38.4. The van der Waals surface area contributed by atoms with Crippen molar-refractivity contribution in [3.8, 4) is 0 Å². The predicted molar refractivity (Wildman–Crippen MR) is 215 cm³/mol. The summed E-state index contributed by atoms with van der Waals surface area (Å²) in [4.78, 5) is 37.4. The molecule has 0 aromatic rings. The van der Waals surface area contributed by atoms with Crippen LogP contribution in [0.3, 0.4) is 0 Å². The maximum Gasteiger partial charge on any atom is 0.306 e. The summed E-state index contributed by atoms with van der Waals surface area (Å²) in [6.07, 6.45) is 38.4. The monoisotopic (exact) mass is 723 g/mol. The molecule has 0 N–H and O–H groups in total. The normalized spacial score (nSPS) is 12.5. The van der Waals surface area contributed by atoms with E-state index in [2.05, 4.69) is 27.7 Å². The van der Waals surface area contributed by atoms with E-state index in [1.807, 2.05) is 0 Å². The van der Waals surface area contributed by atoms with E-state index < -0.39 is 6.10 Å². The molecule has 0 fully saturated rings. The molecule has 0 spiro atoms. The van der Waals surface area contributed by atoms with Crippen molar-refractivity contribution in [2.45, 2.75) is 252 Å². The Morgan fingerprint density at radius 2 is 0.686 bits per heavy atom. The van der Waals surface area contributed by atoms with Crippen molar-refractivity contribution in [3.63, 3.8) is 0 Å². The van der Waals surface area contributed by atoms with E-state index in [9.17, 15) is 14.4 Å². The first-order valence-electron chi connectivity index (χ1n) is 22.4. The van der Waals surface area contributed by atoms with E-state index in [-0.39, 0.29) is 31.1 Å². The SMILES string of the molecule is CCCCCCCCCCCCCCCCCCCCC(=O)O[C@H](COC(=O)CCCCCCC)COC(=O)CCCCCCCCC(C)CC. The van der Waals surface area contributed by atoms with Gasteiger partial charge in [0.1, 0.15) is 13.2 Å². The van der Waals surface area contributed by atoms with Crippen LogP contribution >= 0.6 is 0 Å². The minimum Gasteiger partial charge on any atom is -0.462 e. The third-order valence-electron chi connectivity index (χ3n) is 10.4. The van der Waals surface area contributed by atoms with E-state index >= 15 is 0 Å². The first-order valence-corrected chi connectivity index (χ1v) is 22.4. The summed E-state index contributed by atoms with van der Waals surface area (Å²) in [6.45, 7) is 8.89. The number of carbonyl (C=O) groups is 3. The second-order valence-electron chi connectivity index (χ2n) is 15.6. The van der Waals surface area contributed by atoms with Gasteiger partial charge in [-0.2, -0.15) is 0 Å². The highest BCUT2D eigenvalue weighted by Gasteiger charge is 2.19. The average Bonchev–Trinajstić information content (AvgIpc) is 3.13. The first-order chi connectivity index (χ1) is 24.9. The van der Waals surface area contributed by atoms with Crippen molar-refractivity contribution in [2.75, 3.05) is 13.2 Å². The fraction of sp³-hybridized carbons (Fsp3) is 0.933. The van der Waals surface area contributed by atoms with Crippen LogP contribution < -0.4 is 0 Å². The lowest BCUT2D eigenvalue weighted by Gasteiger charge is -2.18. The zero-order chi connectivity index (χ0) is 37.5. The van der Waals surface area contributed by atoms with Crippen LogP contribution in [0.2, 0.25) is 0 Å². The van der Waals surface area contributed by atoms with Gasteiger partial charge in [0.2, 0.25) is 0 Å². The molecule has 1 unspecified atom stereocenters. The lowest BCUT2D eigenvalue weighted by atomic mass is 10.00. The van der Waals surface area contributed by atoms with Crippen LogP contribution in [0.1, 0.15) is 246 Å². The zero-order valence-corrected chi connectivity index (χ0v) is 34.6. The Bertz CT molecular complexity index is 768. The highest BCUT2D eigenvalue weighted by Crippen LogP contribution is 2.17. The molecular formula is C45H86O6. The van der Waals surface area contributed by atoms with Gasteiger partial charge in [0.15, 0.2) is 6.10 Å². The maximum absolute atomic E-state index is 12.7. The van der Waals surface area contributed by atoms with Crippen molar-refractivity contribution in [3.05, 3.63) is 0 Å². The second-order valence-corrected chi connectivity index (χ2v) is 15.6. The summed E-state index contributed by atoms with van der Waals surface area (Å²) in [5.41, 5.74) is 0. The lowest BCUT2D eigenvalue weighted by molar-refractivity contribution is -0.167. The summed E-state index contributed by atoms with van der Waals surface area (Å²) in [5, 5.41) is 0. The molecule has 0 aliphatic rings. The van der Waals surface area contributed by atoms with Crippen LogP contribution in [-0.2, 0) is 28.6 Å². The van der Waals surface area contributed by atoms with Crippen LogP contribution in [-0.4, -0.2) is 37.2 Å². The van der Waals surface area contributed by atoms with Crippen LogP contribution in [0.25, 0.3) is 0 Å². The molecule has 51 heavy (non-hydrogen) atoms. The molecule has 6 nitrogen and oxygen atoms in total. The number of rotatable bonds is 40. The van der Waals surface area contributed by atoms with Gasteiger partial charge < -0.3 is 14.2 Å². The zero-order valence-electron chi connectivity index (χ0n) is 34.6. The van der Waals surface area contributed by atoms with E-state index in [1.54, 1.807) is 0 Å². The Hall–Kier alpha value is -1.59. The highest BCUT2D eigenvalue weighted by atomic mass is 16.6. The molecule has 0 aliphatic heterocycles. The minimum atomic E-state index is -0.758. The molecule has 0 amide bonds. The minimum absolute atomic E-state index is 0.0664. The average molecular weight is 723 g/mol. The molecule has 0 radical (unpaired) electrons. The van der Waals surface area contributed by atoms with E-state index in [4.69, 9.17) is 14.2 Å². The Morgan fingerprint density at radius 1 is 0.392 bits per heavy atom. The Morgan fingerprint density at radius 3 is 1.02 bits per heavy atom. The quantitative estimate of drug-likeness (QED) is 0.0356. The highest BCUT2D eigenvalue weighted by molar-refractivity contribution is 5.71. The number of unbranched alkanes of at least 4 members (excludes halogenated alkanes) is 26. The maximum atomic E-state index is 12.7. The van der Waals surface area contributed by atoms with Gasteiger partial charge in [-0.3, -0.25) is 14.4 Å². The molecule has 0 aliphatic carbocycles. The van der Waals surface area contributed by atoms with E-state index in [0.29, 0.717) is 19.3 Å². The van der Waals surface area contributed by atoms with Gasteiger partial charge in [0.05, 0.1) is 0 Å². The molecule has 0 saturated heterocycles. The van der Waals surface area contributed by atoms with Gasteiger partial charge >= 0.3 is 17.9 Å².